The van der Waals surface area contributed by atoms with Crippen LogP contribution in [0.5, 0.6) is 0 Å². The summed E-state index contributed by atoms with van der Waals surface area (Å²) in [7, 11) is 0. The summed E-state index contributed by atoms with van der Waals surface area (Å²) in [6.45, 7) is 7.40. The van der Waals surface area contributed by atoms with Gasteiger partial charge in [-0.3, -0.25) is 14.9 Å². The summed E-state index contributed by atoms with van der Waals surface area (Å²) in [6, 6.07) is 4.49. The van der Waals surface area contributed by atoms with Gasteiger partial charge in [-0.2, -0.15) is 0 Å². The van der Waals surface area contributed by atoms with Gasteiger partial charge in [-0.05, 0) is 46.1 Å². The smallest absolute Gasteiger partial charge is 0.270 e. The zero-order valence-electron chi connectivity index (χ0n) is 15.2. The molecule has 1 aromatic rings. The molecule has 1 fully saturated rings. The van der Waals surface area contributed by atoms with Gasteiger partial charge in [-0.15, -0.1) is 0 Å². The van der Waals surface area contributed by atoms with Crippen LogP contribution in [0.4, 0.5) is 11.4 Å². The molecule has 2 rings (SSSR count). The number of amides is 1. The van der Waals surface area contributed by atoms with Gasteiger partial charge in [0.15, 0.2) is 0 Å². The molecule has 1 N–H and O–H groups in total. The molecule has 138 valence electrons. The van der Waals surface area contributed by atoms with Crippen molar-refractivity contribution in [1.82, 2.24) is 4.90 Å². The molecule has 0 atom stereocenters. The number of nitrogens with zero attached hydrogens (tertiary/aromatic N) is 3. The van der Waals surface area contributed by atoms with Crippen LogP contribution in [0.3, 0.4) is 0 Å². The van der Waals surface area contributed by atoms with E-state index in [1.54, 1.807) is 19.9 Å². The van der Waals surface area contributed by atoms with E-state index in [9.17, 15) is 20.0 Å². The van der Waals surface area contributed by atoms with Crippen molar-refractivity contribution in [3.63, 3.8) is 0 Å². The molecule has 1 amide bonds. The predicted octanol–water partition coefficient (Wildman–Crippen LogP) is 2.82. The van der Waals surface area contributed by atoms with Crippen molar-refractivity contribution in [2.75, 3.05) is 31.1 Å². The van der Waals surface area contributed by atoms with E-state index in [-0.39, 0.29) is 18.1 Å². The largest absolute Gasteiger partial charge is 0.389 e. The summed E-state index contributed by atoms with van der Waals surface area (Å²) < 4.78 is 0. The highest BCUT2D eigenvalue weighted by molar-refractivity contribution is 6.00. The lowest BCUT2D eigenvalue weighted by Gasteiger charge is -2.32. The van der Waals surface area contributed by atoms with Crippen LogP contribution in [0, 0.1) is 10.1 Å². The predicted molar refractivity (Wildman–Crippen MR) is 97.0 cm³/mol. The second-order valence-electron chi connectivity index (χ2n) is 7.14. The fourth-order valence-electron chi connectivity index (χ4n) is 3.18. The first-order valence-corrected chi connectivity index (χ1v) is 8.78. The number of nitro benzene ring substituents is 1. The topological polar surface area (TPSA) is 86.9 Å². The summed E-state index contributed by atoms with van der Waals surface area (Å²) >= 11 is 0. The van der Waals surface area contributed by atoms with Crippen LogP contribution in [0.1, 0.15) is 50.4 Å². The molecule has 0 radical (unpaired) electrons. The number of non-ortho nitro benzene ring substituents is 1. The molecule has 0 saturated carbocycles. The molecule has 1 heterocycles. The summed E-state index contributed by atoms with van der Waals surface area (Å²) in [5, 5.41) is 21.2. The number of carbonyl (C=O) groups excluding carboxylic acids is 1. The number of hydrogen-bond acceptors (Lipinski definition) is 5. The molecule has 25 heavy (non-hydrogen) atoms. The average molecular weight is 349 g/mol. The van der Waals surface area contributed by atoms with Crippen molar-refractivity contribution >= 4 is 17.3 Å². The maximum atomic E-state index is 13.1. The van der Waals surface area contributed by atoms with E-state index >= 15 is 0 Å². The summed E-state index contributed by atoms with van der Waals surface area (Å²) in [5.74, 6) is -0.283. The zero-order chi connectivity index (χ0) is 18.6. The molecule has 7 nitrogen and oxygen atoms in total. The van der Waals surface area contributed by atoms with E-state index in [1.807, 2.05) is 6.92 Å². The molecular weight excluding hydrogens is 322 g/mol. The van der Waals surface area contributed by atoms with E-state index in [0.29, 0.717) is 12.1 Å². The molecule has 1 aromatic carbocycles. The number of benzene rings is 1. The monoisotopic (exact) mass is 349 g/mol. The number of aliphatic hydroxyl groups is 1. The Balaban J connectivity index is 2.42. The summed E-state index contributed by atoms with van der Waals surface area (Å²) in [4.78, 5) is 27.4. The molecule has 0 unspecified atom stereocenters. The number of rotatable bonds is 6. The normalized spacial score (nSPS) is 15.1. The van der Waals surface area contributed by atoms with Crippen molar-refractivity contribution in [3.05, 3.63) is 33.9 Å². The van der Waals surface area contributed by atoms with E-state index < -0.39 is 10.5 Å². The molecule has 7 heteroatoms. The Morgan fingerprint density at radius 3 is 2.48 bits per heavy atom. The first-order valence-electron chi connectivity index (χ1n) is 8.78. The van der Waals surface area contributed by atoms with Crippen molar-refractivity contribution in [2.45, 2.75) is 45.6 Å². The third kappa shape index (κ3) is 4.92. The van der Waals surface area contributed by atoms with Gasteiger partial charge in [-0.25, -0.2) is 0 Å². The maximum absolute atomic E-state index is 13.1. The second kappa shape index (κ2) is 7.82. The molecular formula is C18H27N3O4. The number of likely N-dealkylation sites (N-methyl/N-ethyl adjacent to an activating group) is 1. The maximum Gasteiger partial charge on any atom is 0.270 e. The summed E-state index contributed by atoms with van der Waals surface area (Å²) in [5.41, 5.74) is -0.0485. The fraction of sp³-hybridized carbons (Fsp3) is 0.611. The fourth-order valence-corrected chi connectivity index (χ4v) is 3.18. The van der Waals surface area contributed by atoms with Gasteiger partial charge in [0, 0.05) is 38.3 Å². The van der Waals surface area contributed by atoms with Gasteiger partial charge >= 0.3 is 0 Å². The van der Waals surface area contributed by atoms with E-state index in [1.165, 1.54) is 17.0 Å². The van der Waals surface area contributed by atoms with E-state index in [4.69, 9.17) is 0 Å². The van der Waals surface area contributed by atoms with Crippen LogP contribution in [0.15, 0.2) is 18.2 Å². The van der Waals surface area contributed by atoms with Crippen molar-refractivity contribution in [1.29, 1.82) is 0 Å². The van der Waals surface area contributed by atoms with Crippen LogP contribution in [0.2, 0.25) is 0 Å². The Kier molecular flexibility index (Phi) is 6.00. The minimum Gasteiger partial charge on any atom is -0.389 e. The van der Waals surface area contributed by atoms with Gasteiger partial charge in [0.1, 0.15) is 0 Å². The van der Waals surface area contributed by atoms with Gasteiger partial charge in [0.25, 0.3) is 11.6 Å². The Labute approximate surface area is 148 Å². The van der Waals surface area contributed by atoms with Gasteiger partial charge < -0.3 is 14.9 Å². The Bertz CT molecular complexity index is 634. The number of anilines is 1. The molecule has 1 saturated heterocycles. The quantitative estimate of drug-likeness (QED) is 0.630. The van der Waals surface area contributed by atoms with Crippen molar-refractivity contribution in [3.8, 4) is 0 Å². The van der Waals surface area contributed by atoms with Crippen LogP contribution in [-0.2, 0) is 0 Å². The minimum atomic E-state index is -1.03. The third-order valence-electron chi connectivity index (χ3n) is 4.36. The molecule has 0 bridgehead atoms. The molecule has 1 aliphatic heterocycles. The Morgan fingerprint density at radius 2 is 1.96 bits per heavy atom. The highest BCUT2D eigenvalue weighted by Crippen LogP contribution is 2.29. The Morgan fingerprint density at radius 1 is 1.32 bits per heavy atom. The average Bonchev–Trinajstić information content (AvgIpc) is 2.58. The van der Waals surface area contributed by atoms with Crippen LogP contribution in [-0.4, -0.2) is 52.6 Å². The van der Waals surface area contributed by atoms with Crippen molar-refractivity contribution in [2.24, 2.45) is 0 Å². The molecule has 0 aliphatic carbocycles. The highest BCUT2D eigenvalue weighted by atomic mass is 16.6. The first kappa shape index (κ1) is 19.2. The number of nitro groups is 1. The number of carbonyl (C=O) groups is 1. The zero-order valence-corrected chi connectivity index (χ0v) is 15.2. The summed E-state index contributed by atoms with van der Waals surface area (Å²) in [6.07, 6.45) is 3.25. The molecule has 0 spiro atoms. The lowest BCUT2D eigenvalue weighted by Crippen LogP contribution is -2.42. The van der Waals surface area contributed by atoms with Gasteiger partial charge in [0.05, 0.1) is 21.8 Å². The Hall–Kier alpha value is -2.15. The van der Waals surface area contributed by atoms with Crippen molar-refractivity contribution < 1.29 is 14.8 Å². The van der Waals surface area contributed by atoms with Gasteiger partial charge in [0.2, 0.25) is 0 Å². The molecule has 1 aliphatic rings. The lowest BCUT2D eigenvalue weighted by atomic mass is 10.0. The minimum absolute atomic E-state index is 0.0941. The second-order valence-corrected chi connectivity index (χ2v) is 7.14. The number of piperidine rings is 1. The first-order chi connectivity index (χ1) is 11.7. The third-order valence-corrected chi connectivity index (χ3v) is 4.36. The van der Waals surface area contributed by atoms with Crippen LogP contribution < -0.4 is 4.90 Å². The van der Waals surface area contributed by atoms with Crippen LogP contribution in [0.25, 0.3) is 0 Å². The highest BCUT2D eigenvalue weighted by Gasteiger charge is 2.27. The standard InChI is InChI=1S/C18H27N3O4/c1-4-19(13-18(2,3)23)17(22)15-12-14(21(24)25)8-9-16(15)20-10-6-5-7-11-20/h8-9,12,23H,4-7,10-11,13H2,1-3H3. The molecule has 0 aromatic heterocycles. The number of hydrogen-bond donors (Lipinski definition) is 1. The van der Waals surface area contributed by atoms with Crippen LogP contribution >= 0.6 is 0 Å². The van der Waals surface area contributed by atoms with Gasteiger partial charge in [-0.1, -0.05) is 0 Å². The van der Waals surface area contributed by atoms with E-state index in [0.717, 1.165) is 38.0 Å². The SMILES string of the molecule is CCN(CC(C)(C)O)C(=O)c1cc([N+](=O)[O-])ccc1N1CCCCC1. The lowest BCUT2D eigenvalue weighted by molar-refractivity contribution is -0.384. The van der Waals surface area contributed by atoms with E-state index in [2.05, 4.69) is 4.90 Å².